The highest BCUT2D eigenvalue weighted by molar-refractivity contribution is 5.86. The molecule has 0 aromatic heterocycles. The minimum absolute atomic E-state index is 0.138. The number of hydrogen-bond acceptors (Lipinski definition) is 5. The lowest BCUT2D eigenvalue weighted by atomic mass is 9.42. The molecule has 0 aromatic carbocycles. The van der Waals surface area contributed by atoms with Gasteiger partial charge in [0.2, 0.25) is 0 Å². The average Bonchev–Trinajstić information content (AvgIpc) is 2.84. The van der Waals surface area contributed by atoms with Crippen molar-refractivity contribution < 1.29 is 25.2 Å². The van der Waals surface area contributed by atoms with E-state index in [0.717, 1.165) is 19.3 Å². The summed E-state index contributed by atoms with van der Waals surface area (Å²) >= 11 is 0. The summed E-state index contributed by atoms with van der Waals surface area (Å²) in [7, 11) is 0. The highest BCUT2D eigenvalue weighted by atomic mass is 16.3. The van der Waals surface area contributed by atoms with E-state index in [1.165, 1.54) is 6.92 Å². The Morgan fingerprint density at radius 1 is 0.923 bits per heavy atom. The minimum Gasteiger partial charge on any atom is -0.393 e. The zero-order chi connectivity index (χ0) is 19.1. The van der Waals surface area contributed by atoms with Crippen LogP contribution in [0.2, 0.25) is 0 Å². The summed E-state index contributed by atoms with van der Waals surface area (Å²) in [6.07, 6.45) is 3.63. The van der Waals surface area contributed by atoms with Gasteiger partial charge in [-0.2, -0.15) is 0 Å². The van der Waals surface area contributed by atoms with Gasteiger partial charge in [-0.05, 0) is 69.6 Å². The summed E-state index contributed by atoms with van der Waals surface area (Å²) in [6, 6.07) is 0. The quantitative estimate of drug-likeness (QED) is 0.567. The van der Waals surface area contributed by atoms with Crippen molar-refractivity contribution in [3.05, 3.63) is 0 Å². The predicted molar refractivity (Wildman–Crippen MR) is 96.2 cm³/mol. The molecule has 0 aromatic rings. The van der Waals surface area contributed by atoms with Crippen molar-refractivity contribution in [1.29, 1.82) is 0 Å². The van der Waals surface area contributed by atoms with Crippen LogP contribution in [0.3, 0.4) is 0 Å². The van der Waals surface area contributed by atoms with E-state index < -0.39 is 34.2 Å². The summed E-state index contributed by atoms with van der Waals surface area (Å²) in [5.74, 6) is 0.521. The third-order valence-electron chi connectivity index (χ3n) is 9.57. The third kappa shape index (κ3) is 2.04. The Balaban J connectivity index is 1.72. The van der Waals surface area contributed by atoms with Crippen molar-refractivity contribution in [2.24, 2.45) is 28.6 Å². The van der Waals surface area contributed by atoms with Gasteiger partial charge >= 0.3 is 0 Å². The zero-order valence-corrected chi connectivity index (χ0v) is 16.2. The molecular formula is C21H34O5. The first kappa shape index (κ1) is 18.9. The Kier molecular flexibility index (Phi) is 4.01. The summed E-state index contributed by atoms with van der Waals surface area (Å²) < 4.78 is 0. The molecule has 5 nitrogen and oxygen atoms in total. The molecule has 4 fully saturated rings. The lowest BCUT2D eigenvalue weighted by Crippen LogP contribution is -2.69. The van der Waals surface area contributed by atoms with Gasteiger partial charge in [0.25, 0.3) is 0 Å². The lowest BCUT2D eigenvalue weighted by Gasteiger charge is -2.65. The average molecular weight is 366 g/mol. The van der Waals surface area contributed by atoms with Crippen molar-refractivity contribution in [1.82, 2.24) is 0 Å². The fraction of sp³-hybridized carbons (Fsp3) is 0.952. The van der Waals surface area contributed by atoms with Gasteiger partial charge in [-0.25, -0.2) is 0 Å². The van der Waals surface area contributed by atoms with Gasteiger partial charge in [-0.3, -0.25) is 4.79 Å². The summed E-state index contributed by atoms with van der Waals surface area (Å²) in [6.45, 7) is 5.65. The second-order valence-electron chi connectivity index (χ2n) is 10.3. The normalized spacial score (nSPS) is 59.3. The molecule has 4 saturated carbocycles. The maximum Gasteiger partial charge on any atom is 0.161 e. The van der Waals surface area contributed by atoms with E-state index in [1.807, 2.05) is 0 Å². The van der Waals surface area contributed by atoms with Crippen molar-refractivity contribution in [2.45, 2.75) is 95.5 Å². The smallest absolute Gasteiger partial charge is 0.161 e. The summed E-state index contributed by atoms with van der Waals surface area (Å²) in [5.41, 5.74) is -3.37. The monoisotopic (exact) mass is 366 g/mol. The van der Waals surface area contributed by atoms with Crippen LogP contribution in [0.25, 0.3) is 0 Å². The highest BCUT2D eigenvalue weighted by Crippen LogP contribution is 2.69. The molecule has 0 spiro atoms. The van der Waals surface area contributed by atoms with Crippen LogP contribution >= 0.6 is 0 Å². The van der Waals surface area contributed by atoms with E-state index in [-0.39, 0.29) is 30.0 Å². The molecule has 5 heteroatoms. The maximum absolute atomic E-state index is 12.3. The van der Waals surface area contributed by atoms with Crippen LogP contribution in [-0.2, 0) is 4.79 Å². The Hall–Kier alpha value is -0.490. The molecule has 9 unspecified atom stereocenters. The zero-order valence-electron chi connectivity index (χ0n) is 16.2. The standard InChI is InChI=1S/C21H34O5/c1-12(22)20(25)9-6-16-14-10-17(24)21(26)11-13(23)4-7-19(21,3)15(14)5-8-18(16,20)2/h13-17,23-26H,4-11H2,1-3H3. The van der Waals surface area contributed by atoms with Crippen molar-refractivity contribution in [3.8, 4) is 0 Å². The van der Waals surface area contributed by atoms with Crippen LogP contribution in [0.5, 0.6) is 0 Å². The van der Waals surface area contributed by atoms with E-state index in [2.05, 4.69) is 13.8 Å². The van der Waals surface area contributed by atoms with Crippen LogP contribution in [0.1, 0.15) is 72.1 Å². The first-order valence-electron chi connectivity index (χ1n) is 10.3. The van der Waals surface area contributed by atoms with Crippen LogP contribution in [0.15, 0.2) is 0 Å². The largest absolute Gasteiger partial charge is 0.393 e. The second kappa shape index (κ2) is 5.53. The van der Waals surface area contributed by atoms with Crippen LogP contribution in [0.4, 0.5) is 0 Å². The van der Waals surface area contributed by atoms with Gasteiger partial charge in [0.15, 0.2) is 5.78 Å². The van der Waals surface area contributed by atoms with Crippen molar-refractivity contribution in [3.63, 3.8) is 0 Å². The topological polar surface area (TPSA) is 98.0 Å². The van der Waals surface area contributed by atoms with E-state index in [9.17, 15) is 25.2 Å². The van der Waals surface area contributed by atoms with Gasteiger partial charge in [0.1, 0.15) is 5.60 Å². The Labute approximate surface area is 155 Å². The Morgan fingerprint density at radius 2 is 1.50 bits per heavy atom. The number of aliphatic hydroxyl groups excluding tert-OH is 2. The van der Waals surface area contributed by atoms with Gasteiger partial charge in [-0.15, -0.1) is 0 Å². The van der Waals surface area contributed by atoms with Gasteiger partial charge in [0, 0.05) is 17.3 Å². The molecule has 148 valence electrons. The van der Waals surface area contributed by atoms with E-state index in [1.54, 1.807) is 0 Å². The molecule has 9 atom stereocenters. The van der Waals surface area contributed by atoms with Crippen LogP contribution < -0.4 is 0 Å². The number of Topliss-reactive ketones (excluding diaryl/α,β-unsaturated/α-hetero) is 1. The molecule has 0 saturated heterocycles. The fourth-order valence-corrected chi connectivity index (χ4v) is 7.85. The van der Waals surface area contributed by atoms with E-state index in [0.29, 0.717) is 25.7 Å². The number of hydrogen-bond donors (Lipinski definition) is 4. The summed E-state index contributed by atoms with van der Waals surface area (Å²) in [5, 5.41) is 43.6. The van der Waals surface area contributed by atoms with E-state index >= 15 is 0 Å². The van der Waals surface area contributed by atoms with Gasteiger partial charge in [-0.1, -0.05) is 13.8 Å². The molecule has 0 bridgehead atoms. The molecule has 4 N–H and O–H groups in total. The number of carbonyl (C=O) groups excluding carboxylic acids is 1. The lowest BCUT2D eigenvalue weighted by molar-refractivity contribution is -0.267. The highest BCUT2D eigenvalue weighted by Gasteiger charge is 2.70. The number of ketones is 1. The molecular weight excluding hydrogens is 332 g/mol. The molecule has 0 radical (unpaired) electrons. The number of aliphatic hydroxyl groups is 4. The number of carbonyl (C=O) groups is 1. The van der Waals surface area contributed by atoms with E-state index in [4.69, 9.17) is 0 Å². The van der Waals surface area contributed by atoms with Crippen molar-refractivity contribution in [2.75, 3.05) is 0 Å². The third-order valence-corrected chi connectivity index (χ3v) is 9.57. The molecule has 0 heterocycles. The molecule has 4 aliphatic carbocycles. The predicted octanol–water partition coefficient (Wildman–Crippen LogP) is 1.80. The molecule has 4 aliphatic rings. The maximum atomic E-state index is 12.3. The SMILES string of the molecule is CC(=O)C1(O)CCC2C3CC(O)C4(O)CC(O)CCC4(C)C3CCC21C. The molecule has 0 amide bonds. The van der Waals surface area contributed by atoms with Gasteiger partial charge in [0.05, 0.1) is 17.8 Å². The minimum atomic E-state index is -1.26. The molecule has 26 heavy (non-hydrogen) atoms. The van der Waals surface area contributed by atoms with Crippen LogP contribution in [0, 0.1) is 28.6 Å². The second-order valence-corrected chi connectivity index (χ2v) is 10.3. The van der Waals surface area contributed by atoms with Crippen molar-refractivity contribution >= 4 is 5.78 Å². The Morgan fingerprint density at radius 3 is 2.15 bits per heavy atom. The first-order valence-corrected chi connectivity index (χ1v) is 10.3. The number of rotatable bonds is 1. The number of fused-ring (bicyclic) bond motifs is 5. The fourth-order valence-electron chi connectivity index (χ4n) is 7.85. The molecule has 0 aliphatic heterocycles. The van der Waals surface area contributed by atoms with Gasteiger partial charge < -0.3 is 20.4 Å². The first-order chi connectivity index (χ1) is 12.0. The molecule has 4 rings (SSSR count). The summed E-state index contributed by atoms with van der Waals surface area (Å²) in [4.78, 5) is 12.3. The van der Waals surface area contributed by atoms with Crippen LogP contribution in [-0.4, -0.2) is 49.6 Å². The Bertz CT molecular complexity index is 622.